The van der Waals surface area contributed by atoms with Crippen molar-refractivity contribution >= 4 is 0 Å². The van der Waals surface area contributed by atoms with E-state index < -0.39 is 0 Å². The van der Waals surface area contributed by atoms with Gasteiger partial charge in [-0.1, -0.05) is 33.6 Å². The third kappa shape index (κ3) is 3.74. The largest absolute Gasteiger partial charge is 0.396 e. The lowest BCUT2D eigenvalue weighted by atomic mass is 9.86. The Hall–Kier alpha value is -0.0800. The number of hydrogen-bond acceptors (Lipinski definition) is 2. The van der Waals surface area contributed by atoms with E-state index in [1.807, 2.05) is 0 Å². The number of piperidine rings is 1. The van der Waals surface area contributed by atoms with Gasteiger partial charge < -0.3 is 5.11 Å². The smallest absolute Gasteiger partial charge is 0.0496 e. The summed E-state index contributed by atoms with van der Waals surface area (Å²) in [7, 11) is 0. The number of rotatable bonds is 6. The van der Waals surface area contributed by atoms with Crippen LogP contribution in [0.1, 0.15) is 59.3 Å². The fourth-order valence-electron chi connectivity index (χ4n) is 2.69. The molecule has 0 aromatic heterocycles. The van der Waals surface area contributed by atoms with E-state index in [0.29, 0.717) is 6.61 Å². The van der Waals surface area contributed by atoms with E-state index in [-0.39, 0.29) is 5.41 Å². The SMILES string of the molecule is CCCC1CCCCN1CC(C)(CC)CO. The van der Waals surface area contributed by atoms with Gasteiger partial charge in [-0.25, -0.2) is 0 Å². The first kappa shape index (κ1) is 14.0. The topological polar surface area (TPSA) is 23.5 Å². The van der Waals surface area contributed by atoms with Gasteiger partial charge in [0.2, 0.25) is 0 Å². The zero-order chi connectivity index (χ0) is 12.0. The summed E-state index contributed by atoms with van der Waals surface area (Å²) in [6, 6.07) is 0.774. The second-order valence-electron chi connectivity index (χ2n) is 5.73. The molecule has 1 aliphatic heterocycles. The zero-order valence-electron chi connectivity index (χ0n) is 11.3. The Morgan fingerprint density at radius 3 is 2.62 bits per heavy atom. The van der Waals surface area contributed by atoms with Gasteiger partial charge in [0.1, 0.15) is 0 Å². The molecule has 0 amide bonds. The molecule has 1 N–H and O–H groups in total. The molecule has 0 bridgehead atoms. The standard InChI is InChI=1S/C14H29NO/c1-4-8-13-9-6-7-10-15(13)11-14(3,5-2)12-16/h13,16H,4-12H2,1-3H3. The van der Waals surface area contributed by atoms with E-state index in [2.05, 4.69) is 25.7 Å². The van der Waals surface area contributed by atoms with E-state index in [0.717, 1.165) is 19.0 Å². The third-order valence-electron chi connectivity index (χ3n) is 4.19. The second kappa shape index (κ2) is 6.61. The van der Waals surface area contributed by atoms with Crippen LogP contribution in [0.15, 0.2) is 0 Å². The monoisotopic (exact) mass is 227 g/mol. The van der Waals surface area contributed by atoms with E-state index in [1.165, 1.54) is 38.6 Å². The molecular weight excluding hydrogens is 198 g/mol. The Morgan fingerprint density at radius 2 is 2.06 bits per heavy atom. The van der Waals surface area contributed by atoms with Crippen LogP contribution in [0.2, 0.25) is 0 Å². The molecule has 1 heterocycles. The maximum atomic E-state index is 9.51. The van der Waals surface area contributed by atoms with Gasteiger partial charge in [0.25, 0.3) is 0 Å². The van der Waals surface area contributed by atoms with Crippen LogP contribution in [0, 0.1) is 5.41 Å². The Balaban J connectivity index is 2.54. The fourth-order valence-corrected chi connectivity index (χ4v) is 2.69. The van der Waals surface area contributed by atoms with Crippen molar-refractivity contribution in [3.8, 4) is 0 Å². The normalized spacial score (nSPS) is 26.6. The van der Waals surface area contributed by atoms with Crippen LogP contribution in [-0.4, -0.2) is 35.7 Å². The van der Waals surface area contributed by atoms with E-state index >= 15 is 0 Å². The summed E-state index contributed by atoms with van der Waals surface area (Å²) in [4.78, 5) is 2.63. The first-order valence-electron chi connectivity index (χ1n) is 7.00. The number of hydrogen-bond donors (Lipinski definition) is 1. The van der Waals surface area contributed by atoms with Gasteiger partial charge in [-0.2, -0.15) is 0 Å². The molecule has 0 saturated carbocycles. The maximum Gasteiger partial charge on any atom is 0.0496 e. The molecule has 1 rings (SSSR count). The first-order valence-corrected chi connectivity index (χ1v) is 7.00. The van der Waals surface area contributed by atoms with E-state index in [9.17, 15) is 5.11 Å². The third-order valence-corrected chi connectivity index (χ3v) is 4.19. The van der Waals surface area contributed by atoms with Crippen molar-refractivity contribution in [2.75, 3.05) is 19.7 Å². The predicted octanol–water partition coefficient (Wildman–Crippen LogP) is 3.05. The van der Waals surface area contributed by atoms with Crippen LogP contribution in [0.5, 0.6) is 0 Å². The highest BCUT2D eigenvalue weighted by molar-refractivity contribution is 4.83. The Morgan fingerprint density at radius 1 is 1.31 bits per heavy atom. The molecular formula is C14H29NO. The van der Waals surface area contributed by atoms with Gasteiger partial charge in [-0.05, 0) is 32.2 Å². The summed E-state index contributed by atoms with van der Waals surface area (Å²) >= 11 is 0. The van der Waals surface area contributed by atoms with Crippen LogP contribution < -0.4 is 0 Å². The minimum Gasteiger partial charge on any atom is -0.396 e. The molecule has 16 heavy (non-hydrogen) atoms. The summed E-state index contributed by atoms with van der Waals surface area (Å²) in [6.07, 6.45) is 7.76. The van der Waals surface area contributed by atoms with Crippen LogP contribution in [0.25, 0.3) is 0 Å². The molecule has 0 radical (unpaired) electrons. The van der Waals surface area contributed by atoms with Crippen molar-refractivity contribution < 1.29 is 5.11 Å². The summed E-state index contributed by atoms with van der Waals surface area (Å²) < 4.78 is 0. The predicted molar refractivity (Wildman–Crippen MR) is 69.6 cm³/mol. The second-order valence-corrected chi connectivity index (χ2v) is 5.73. The quantitative estimate of drug-likeness (QED) is 0.754. The summed E-state index contributed by atoms with van der Waals surface area (Å²) in [5.74, 6) is 0. The summed E-state index contributed by atoms with van der Waals surface area (Å²) in [6.45, 7) is 9.31. The Labute approximate surface area is 101 Å². The lowest BCUT2D eigenvalue weighted by Crippen LogP contribution is -2.46. The van der Waals surface area contributed by atoms with Crippen LogP contribution in [-0.2, 0) is 0 Å². The maximum absolute atomic E-state index is 9.51. The first-order chi connectivity index (χ1) is 7.65. The van der Waals surface area contributed by atoms with Gasteiger partial charge in [0.15, 0.2) is 0 Å². The Bertz CT molecular complexity index is 187. The van der Waals surface area contributed by atoms with Crippen molar-refractivity contribution in [3.63, 3.8) is 0 Å². The minimum absolute atomic E-state index is 0.101. The van der Waals surface area contributed by atoms with Crippen molar-refractivity contribution in [2.45, 2.75) is 65.3 Å². The van der Waals surface area contributed by atoms with Crippen molar-refractivity contribution in [1.29, 1.82) is 0 Å². The summed E-state index contributed by atoms with van der Waals surface area (Å²) in [5, 5.41) is 9.51. The molecule has 96 valence electrons. The molecule has 1 saturated heterocycles. The molecule has 0 aromatic carbocycles. The van der Waals surface area contributed by atoms with Crippen LogP contribution in [0.4, 0.5) is 0 Å². The zero-order valence-corrected chi connectivity index (χ0v) is 11.3. The van der Waals surface area contributed by atoms with E-state index in [1.54, 1.807) is 0 Å². The highest BCUT2D eigenvalue weighted by atomic mass is 16.3. The molecule has 2 heteroatoms. The molecule has 1 fully saturated rings. The molecule has 0 aliphatic carbocycles. The van der Waals surface area contributed by atoms with Crippen molar-refractivity contribution in [2.24, 2.45) is 5.41 Å². The average molecular weight is 227 g/mol. The summed E-state index contributed by atoms with van der Waals surface area (Å²) in [5.41, 5.74) is 0.101. The molecule has 2 unspecified atom stereocenters. The number of nitrogens with zero attached hydrogens (tertiary/aromatic N) is 1. The van der Waals surface area contributed by atoms with Gasteiger partial charge in [0, 0.05) is 24.6 Å². The Kier molecular flexibility index (Phi) is 5.77. The highest BCUT2D eigenvalue weighted by Crippen LogP contribution is 2.28. The highest BCUT2D eigenvalue weighted by Gasteiger charge is 2.29. The lowest BCUT2D eigenvalue weighted by Gasteiger charge is -2.41. The molecule has 0 spiro atoms. The number of likely N-dealkylation sites (tertiary alicyclic amines) is 1. The van der Waals surface area contributed by atoms with Crippen molar-refractivity contribution in [1.82, 2.24) is 4.90 Å². The van der Waals surface area contributed by atoms with Gasteiger partial charge >= 0.3 is 0 Å². The van der Waals surface area contributed by atoms with Gasteiger partial charge in [0.05, 0.1) is 0 Å². The van der Waals surface area contributed by atoms with Crippen LogP contribution >= 0.6 is 0 Å². The number of aliphatic hydroxyl groups is 1. The van der Waals surface area contributed by atoms with Crippen molar-refractivity contribution in [3.05, 3.63) is 0 Å². The van der Waals surface area contributed by atoms with Gasteiger partial charge in [-0.3, -0.25) is 4.90 Å². The molecule has 0 aromatic rings. The van der Waals surface area contributed by atoms with E-state index in [4.69, 9.17) is 0 Å². The molecule has 1 aliphatic rings. The fraction of sp³-hybridized carbons (Fsp3) is 1.00. The lowest BCUT2D eigenvalue weighted by molar-refractivity contribution is 0.0442. The minimum atomic E-state index is 0.101. The average Bonchev–Trinajstić information content (AvgIpc) is 2.32. The van der Waals surface area contributed by atoms with Crippen LogP contribution in [0.3, 0.4) is 0 Å². The molecule has 2 atom stereocenters. The number of aliphatic hydroxyl groups excluding tert-OH is 1. The van der Waals surface area contributed by atoms with Gasteiger partial charge in [-0.15, -0.1) is 0 Å². The molecule has 2 nitrogen and oxygen atoms in total.